The summed E-state index contributed by atoms with van der Waals surface area (Å²) in [5, 5.41) is 19.0. The Morgan fingerprint density at radius 3 is 2.88 bits per heavy atom. The number of halogens is 1. The van der Waals surface area contributed by atoms with Gasteiger partial charge in [0.15, 0.2) is 0 Å². The first-order valence-electron chi connectivity index (χ1n) is 5.05. The Morgan fingerprint density at radius 1 is 1.56 bits per heavy atom. The maximum atomic E-state index is 11.2. The van der Waals surface area contributed by atoms with Crippen molar-refractivity contribution >= 4 is 27.7 Å². The summed E-state index contributed by atoms with van der Waals surface area (Å²) in [5.74, 6) is 0.149. The lowest BCUT2D eigenvalue weighted by molar-refractivity contribution is 0.198. The molecule has 0 saturated heterocycles. The number of carboxylic acid groups (broad SMARTS) is 1. The van der Waals surface area contributed by atoms with E-state index in [4.69, 9.17) is 5.11 Å². The molecule has 2 N–H and O–H groups in total. The fourth-order valence-electron chi connectivity index (χ4n) is 2.08. The number of amides is 1. The molecule has 86 valence electrons. The molecule has 0 bridgehead atoms. The van der Waals surface area contributed by atoms with Crippen molar-refractivity contribution in [2.75, 3.05) is 4.90 Å². The summed E-state index contributed by atoms with van der Waals surface area (Å²) in [5.41, 5.74) is 1.29. The van der Waals surface area contributed by atoms with Crippen LogP contribution in [0.3, 0.4) is 0 Å². The molecule has 1 aromatic rings. The molecule has 1 heterocycles. The minimum Gasteiger partial charge on any atom is -0.506 e. The van der Waals surface area contributed by atoms with Crippen LogP contribution in [0.25, 0.3) is 0 Å². The number of fused-ring (bicyclic) bond motifs is 1. The van der Waals surface area contributed by atoms with E-state index in [1.807, 2.05) is 6.92 Å². The Bertz CT molecular complexity index is 447. The van der Waals surface area contributed by atoms with E-state index in [1.165, 1.54) is 4.90 Å². The highest BCUT2D eigenvalue weighted by atomic mass is 79.9. The van der Waals surface area contributed by atoms with E-state index < -0.39 is 6.09 Å². The molecule has 4 nitrogen and oxygen atoms in total. The van der Waals surface area contributed by atoms with Crippen molar-refractivity contribution < 1.29 is 15.0 Å². The Morgan fingerprint density at radius 2 is 2.25 bits per heavy atom. The van der Waals surface area contributed by atoms with Crippen LogP contribution in [0.4, 0.5) is 10.5 Å². The number of carbonyl (C=O) groups is 1. The van der Waals surface area contributed by atoms with Gasteiger partial charge in [-0.25, -0.2) is 4.79 Å². The highest BCUT2D eigenvalue weighted by Crippen LogP contribution is 2.40. The molecule has 0 fully saturated rings. The summed E-state index contributed by atoms with van der Waals surface area (Å²) >= 11 is 3.23. The van der Waals surface area contributed by atoms with Gasteiger partial charge in [-0.2, -0.15) is 0 Å². The summed E-state index contributed by atoms with van der Waals surface area (Å²) < 4.78 is 0.603. The van der Waals surface area contributed by atoms with Gasteiger partial charge in [0.1, 0.15) is 5.75 Å². The molecule has 1 aromatic carbocycles. The number of phenolic OH excluding ortho intramolecular Hbond substituents is 1. The van der Waals surface area contributed by atoms with E-state index >= 15 is 0 Å². The van der Waals surface area contributed by atoms with Gasteiger partial charge in [-0.15, -0.1) is 0 Å². The van der Waals surface area contributed by atoms with E-state index in [9.17, 15) is 9.90 Å². The van der Waals surface area contributed by atoms with Gasteiger partial charge < -0.3 is 10.2 Å². The summed E-state index contributed by atoms with van der Waals surface area (Å²) in [4.78, 5) is 12.5. The van der Waals surface area contributed by atoms with Crippen LogP contribution in [0.15, 0.2) is 16.6 Å². The van der Waals surface area contributed by atoms with Gasteiger partial charge >= 0.3 is 6.09 Å². The van der Waals surface area contributed by atoms with Gasteiger partial charge in [-0.3, -0.25) is 4.90 Å². The van der Waals surface area contributed by atoms with Crippen LogP contribution in [0.5, 0.6) is 5.75 Å². The summed E-state index contributed by atoms with van der Waals surface area (Å²) in [6.07, 6.45) is 0.449. The van der Waals surface area contributed by atoms with Crippen molar-refractivity contribution in [1.82, 2.24) is 0 Å². The van der Waals surface area contributed by atoms with Crippen LogP contribution in [0, 0.1) is 0 Å². The third-order valence-electron chi connectivity index (χ3n) is 2.93. The number of rotatable bonds is 0. The van der Waals surface area contributed by atoms with Crippen molar-refractivity contribution in [2.24, 2.45) is 0 Å². The zero-order valence-electron chi connectivity index (χ0n) is 8.77. The summed E-state index contributed by atoms with van der Waals surface area (Å²) in [7, 11) is 0. The maximum Gasteiger partial charge on any atom is 0.412 e. The number of phenols is 1. The number of nitrogens with zero attached hydrogens (tertiary/aromatic N) is 1. The molecule has 0 aliphatic carbocycles. The second-order valence-corrected chi connectivity index (χ2v) is 4.79. The second kappa shape index (κ2) is 3.97. The second-order valence-electron chi connectivity index (χ2n) is 3.93. The van der Waals surface area contributed by atoms with Crippen LogP contribution >= 0.6 is 15.9 Å². The van der Waals surface area contributed by atoms with Crippen molar-refractivity contribution in [1.29, 1.82) is 0 Å². The average molecular weight is 286 g/mol. The number of aromatic hydroxyl groups is 1. The van der Waals surface area contributed by atoms with Crippen LogP contribution < -0.4 is 4.90 Å². The Balaban J connectivity index is 2.57. The van der Waals surface area contributed by atoms with Crippen molar-refractivity contribution in [2.45, 2.75) is 25.8 Å². The largest absolute Gasteiger partial charge is 0.506 e. The maximum absolute atomic E-state index is 11.2. The predicted octanol–water partition coefficient (Wildman–Crippen LogP) is 2.97. The van der Waals surface area contributed by atoms with Crippen molar-refractivity contribution in [3.05, 3.63) is 22.2 Å². The van der Waals surface area contributed by atoms with Crippen LogP contribution in [0.1, 0.15) is 18.9 Å². The first kappa shape index (κ1) is 11.3. The summed E-state index contributed by atoms with van der Waals surface area (Å²) in [6, 6.07) is 3.34. The molecule has 1 amide bonds. The van der Waals surface area contributed by atoms with Crippen LogP contribution in [-0.2, 0) is 6.42 Å². The Kier molecular flexibility index (Phi) is 2.80. The molecule has 1 aliphatic heterocycles. The average Bonchev–Trinajstić information content (AvgIpc) is 2.22. The van der Waals surface area contributed by atoms with E-state index in [0.717, 1.165) is 6.42 Å². The lowest BCUT2D eigenvalue weighted by atomic mass is 9.96. The van der Waals surface area contributed by atoms with Crippen molar-refractivity contribution in [3.8, 4) is 5.75 Å². The molecule has 1 unspecified atom stereocenters. The molecule has 0 radical (unpaired) electrons. The zero-order valence-corrected chi connectivity index (χ0v) is 10.4. The smallest absolute Gasteiger partial charge is 0.412 e. The third-order valence-corrected chi connectivity index (χ3v) is 3.57. The van der Waals surface area contributed by atoms with Gasteiger partial charge in [0.25, 0.3) is 0 Å². The van der Waals surface area contributed by atoms with Gasteiger partial charge in [0.05, 0.1) is 10.2 Å². The molecule has 1 aliphatic rings. The minimum atomic E-state index is -0.977. The van der Waals surface area contributed by atoms with Gasteiger partial charge in [0, 0.05) is 11.6 Å². The number of hydrogen-bond acceptors (Lipinski definition) is 2. The first-order chi connectivity index (χ1) is 7.52. The van der Waals surface area contributed by atoms with E-state index in [2.05, 4.69) is 15.9 Å². The fourth-order valence-corrected chi connectivity index (χ4v) is 2.45. The van der Waals surface area contributed by atoms with E-state index in [-0.39, 0.29) is 11.8 Å². The lowest BCUT2D eigenvalue weighted by Gasteiger charge is -2.33. The Labute approximate surface area is 102 Å². The Hall–Kier alpha value is -1.23. The van der Waals surface area contributed by atoms with Crippen molar-refractivity contribution in [3.63, 3.8) is 0 Å². The molecular weight excluding hydrogens is 274 g/mol. The lowest BCUT2D eigenvalue weighted by Crippen LogP contribution is -2.41. The SMILES string of the molecule is CC1CCc2c(ccc(Br)c2O)N1C(=O)O. The quantitative estimate of drug-likeness (QED) is 0.770. The monoisotopic (exact) mass is 285 g/mol. The molecular formula is C11H12BrNO3. The van der Waals surface area contributed by atoms with Crippen LogP contribution in [-0.4, -0.2) is 22.3 Å². The molecule has 1 atom stereocenters. The highest BCUT2D eigenvalue weighted by Gasteiger charge is 2.30. The normalized spacial score (nSPS) is 19.4. The zero-order chi connectivity index (χ0) is 11.9. The number of anilines is 1. The molecule has 16 heavy (non-hydrogen) atoms. The molecule has 2 rings (SSSR count). The molecule has 0 saturated carbocycles. The number of benzene rings is 1. The molecule has 0 spiro atoms. The minimum absolute atomic E-state index is 0.0504. The van der Waals surface area contributed by atoms with Gasteiger partial charge in [0.2, 0.25) is 0 Å². The van der Waals surface area contributed by atoms with Gasteiger partial charge in [-0.05, 0) is 47.8 Å². The molecule has 5 heteroatoms. The van der Waals surface area contributed by atoms with E-state index in [0.29, 0.717) is 22.1 Å². The topological polar surface area (TPSA) is 60.8 Å². The first-order valence-corrected chi connectivity index (χ1v) is 5.84. The van der Waals surface area contributed by atoms with Crippen LogP contribution in [0.2, 0.25) is 0 Å². The standard InChI is InChI=1S/C11H12BrNO3/c1-6-2-3-7-9(13(6)11(15)16)5-4-8(12)10(7)14/h4-6,14H,2-3H2,1H3,(H,15,16). The van der Waals surface area contributed by atoms with Gasteiger partial charge in [-0.1, -0.05) is 0 Å². The fraction of sp³-hybridized carbons (Fsp3) is 0.364. The third kappa shape index (κ3) is 1.65. The molecule has 0 aromatic heterocycles. The highest BCUT2D eigenvalue weighted by molar-refractivity contribution is 9.10. The predicted molar refractivity (Wildman–Crippen MR) is 64.1 cm³/mol. The number of hydrogen-bond donors (Lipinski definition) is 2. The van der Waals surface area contributed by atoms with E-state index in [1.54, 1.807) is 12.1 Å². The summed E-state index contributed by atoms with van der Waals surface area (Å²) in [6.45, 7) is 1.87.